The van der Waals surface area contributed by atoms with E-state index in [9.17, 15) is 0 Å². The minimum Gasteiger partial charge on any atom is -0.0859 e. The van der Waals surface area contributed by atoms with Crippen molar-refractivity contribution in [2.24, 2.45) is 38.9 Å². The maximum absolute atomic E-state index is 2.78. The minimum absolute atomic E-state index is 0.432. The summed E-state index contributed by atoms with van der Waals surface area (Å²) in [5, 5.41) is 0. The third kappa shape index (κ3) is 3.29. The molecule has 170 valence electrons. The smallest absolute Gasteiger partial charge is 0.00593 e. The van der Waals surface area contributed by atoms with E-state index in [1.807, 2.05) is 5.57 Å². The maximum atomic E-state index is 2.78. The van der Waals surface area contributed by atoms with E-state index in [4.69, 9.17) is 0 Å². The van der Waals surface area contributed by atoms with Gasteiger partial charge in [-0.25, -0.2) is 0 Å². The molecule has 3 fully saturated rings. The second-order valence-corrected chi connectivity index (χ2v) is 14.0. The minimum atomic E-state index is 0.432. The van der Waals surface area contributed by atoms with E-state index in [1.165, 1.54) is 76.2 Å². The highest BCUT2D eigenvalue weighted by Crippen LogP contribution is 2.73. The first-order valence-electron chi connectivity index (χ1n) is 13.2. The number of hydrogen-bond acceptors (Lipinski definition) is 0. The van der Waals surface area contributed by atoms with Crippen LogP contribution in [0.2, 0.25) is 0 Å². The monoisotopic (exact) mass is 410 g/mol. The van der Waals surface area contributed by atoms with Crippen molar-refractivity contribution >= 4 is 0 Å². The predicted molar refractivity (Wildman–Crippen MR) is 131 cm³/mol. The molecule has 0 aromatic heterocycles. The molecule has 30 heavy (non-hydrogen) atoms. The average molecular weight is 411 g/mol. The zero-order chi connectivity index (χ0) is 22.0. The van der Waals surface area contributed by atoms with Gasteiger partial charge in [0.2, 0.25) is 0 Å². The van der Waals surface area contributed by atoms with E-state index in [-0.39, 0.29) is 0 Å². The molecule has 0 saturated heterocycles. The lowest BCUT2D eigenvalue weighted by molar-refractivity contribution is -0.172. The van der Waals surface area contributed by atoms with Crippen molar-refractivity contribution in [1.29, 1.82) is 0 Å². The van der Waals surface area contributed by atoms with Gasteiger partial charge < -0.3 is 0 Å². The summed E-state index contributed by atoms with van der Waals surface area (Å²) in [6.45, 7) is 20.4. The zero-order valence-corrected chi connectivity index (χ0v) is 21.6. The first-order chi connectivity index (χ1) is 13.9. The highest BCUT2D eigenvalue weighted by molar-refractivity contribution is 5.30. The van der Waals surface area contributed by atoms with Gasteiger partial charge in [0, 0.05) is 0 Å². The summed E-state index contributed by atoms with van der Waals surface area (Å²) in [4.78, 5) is 0. The molecular weight excluding hydrogens is 360 g/mol. The van der Waals surface area contributed by atoms with E-state index in [0.29, 0.717) is 27.1 Å². The highest BCUT2D eigenvalue weighted by Gasteiger charge is 2.65. The molecule has 0 radical (unpaired) electrons. The van der Waals surface area contributed by atoms with Gasteiger partial charge in [0.1, 0.15) is 0 Å². The fraction of sp³-hybridized carbons (Fsp3) is 0.867. The SMILES string of the molecule is CC(C)=CCC[C@]1(C)CC[C@]2(C)C(=CC[C@@H]3[C@@]4(C)CCCC(C)(C)[C@H]4CC[C@]32C)C1. The molecule has 0 aliphatic heterocycles. The molecule has 6 atom stereocenters. The van der Waals surface area contributed by atoms with Gasteiger partial charge in [-0.05, 0) is 117 Å². The van der Waals surface area contributed by atoms with Crippen LogP contribution < -0.4 is 0 Å². The van der Waals surface area contributed by atoms with Crippen LogP contribution in [-0.2, 0) is 0 Å². The van der Waals surface area contributed by atoms with Crippen LogP contribution in [0, 0.1) is 38.9 Å². The molecule has 0 unspecified atom stereocenters. The average Bonchev–Trinajstić information content (AvgIpc) is 2.62. The fourth-order valence-electron chi connectivity index (χ4n) is 9.43. The highest BCUT2D eigenvalue weighted by atomic mass is 14.7. The number of hydrogen-bond donors (Lipinski definition) is 0. The number of fused-ring (bicyclic) bond motifs is 5. The maximum Gasteiger partial charge on any atom is -0.00593 e. The van der Waals surface area contributed by atoms with Crippen LogP contribution in [-0.4, -0.2) is 0 Å². The van der Waals surface area contributed by atoms with Gasteiger partial charge >= 0.3 is 0 Å². The lowest BCUT2D eigenvalue weighted by Gasteiger charge is -2.69. The molecule has 4 rings (SSSR count). The Balaban J connectivity index is 1.63. The molecule has 0 nitrogen and oxygen atoms in total. The Morgan fingerprint density at radius 2 is 1.67 bits per heavy atom. The van der Waals surface area contributed by atoms with E-state index < -0.39 is 0 Å². The van der Waals surface area contributed by atoms with E-state index >= 15 is 0 Å². The summed E-state index contributed by atoms with van der Waals surface area (Å²) in [7, 11) is 0. The summed E-state index contributed by atoms with van der Waals surface area (Å²) in [5.74, 6) is 1.81. The van der Waals surface area contributed by atoms with Gasteiger partial charge in [0.15, 0.2) is 0 Å². The van der Waals surface area contributed by atoms with Gasteiger partial charge in [-0.15, -0.1) is 0 Å². The van der Waals surface area contributed by atoms with Gasteiger partial charge in [0.25, 0.3) is 0 Å². The third-order valence-corrected chi connectivity index (χ3v) is 11.5. The topological polar surface area (TPSA) is 0 Å². The van der Waals surface area contributed by atoms with Crippen LogP contribution in [0.1, 0.15) is 126 Å². The van der Waals surface area contributed by atoms with Gasteiger partial charge in [0.05, 0.1) is 0 Å². The lowest BCUT2D eigenvalue weighted by Crippen LogP contribution is -2.61. The normalized spacial score (nSPS) is 47.4. The van der Waals surface area contributed by atoms with Crippen molar-refractivity contribution in [3.63, 3.8) is 0 Å². The summed E-state index contributed by atoms with van der Waals surface area (Å²) in [6, 6.07) is 0. The predicted octanol–water partition coefficient (Wildman–Crippen LogP) is 9.51. The Labute approximate surface area is 188 Å². The van der Waals surface area contributed by atoms with Crippen LogP contribution in [0.25, 0.3) is 0 Å². The Hall–Kier alpha value is -0.520. The van der Waals surface area contributed by atoms with Gasteiger partial charge in [-0.3, -0.25) is 0 Å². The molecule has 4 aliphatic rings. The molecule has 0 aromatic rings. The molecule has 0 spiro atoms. The third-order valence-electron chi connectivity index (χ3n) is 11.5. The first-order valence-corrected chi connectivity index (χ1v) is 13.2. The van der Waals surface area contributed by atoms with Crippen molar-refractivity contribution in [2.45, 2.75) is 126 Å². The molecule has 0 amide bonds. The first kappa shape index (κ1) is 22.7. The summed E-state index contributed by atoms with van der Waals surface area (Å²) >= 11 is 0. The zero-order valence-electron chi connectivity index (χ0n) is 21.6. The van der Waals surface area contributed by atoms with E-state index in [2.05, 4.69) is 67.5 Å². The van der Waals surface area contributed by atoms with Gasteiger partial charge in [-0.1, -0.05) is 71.3 Å². The molecule has 0 bridgehead atoms. The van der Waals surface area contributed by atoms with Crippen LogP contribution in [0.3, 0.4) is 0 Å². The second-order valence-electron chi connectivity index (χ2n) is 14.0. The Bertz CT molecular complexity index is 733. The van der Waals surface area contributed by atoms with Crippen molar-refractivity contribution in [3.8, 4) is 0 Å². The van der Waals surface area contributed by atoms with Crippen LogP contribution in [0.5, 0.6) is 0 Å². The van der Waals surface area contributed by atoms with Crippen molar-refractivity contribution in [1.82, 2.24) is 0 Å². The Morgan fingerprint density at radius 3 is 2.37 bits per heavy atom. The van der Waals surface area contributed by atoms with Crippen LogP contribution >= 0.6 is 0 Å². The molecular formula is C30H50. The largest absolute Gasteiger partial charge is 0.0859 e. The molecule has 0 N–H and O–H groups in total. The molecule has 0 heteroatoms. The summed E-state index contributed by atoms with van der Waals surface area (Å²) in [6.07, 6.45) is 20.7. The summed E-state index contributed by atoms with van der Waals surface area (Å²) < 4.78 is 0. The van der Waals surface area contributed by atoms with Crippen molar-refractivity contribution in [2.75, 3.05) is 0 Å². The Morgan fingerprint density at radius 1 is 0.933 bits per heavy atom. The molecule has 4 aliphatic carbocycles. The molecule has 0 aromatic carbocycles. The summed E-state index contributed by atoms with van der Waals surface area (Å²) in [5.41, 5.74) is 5.85. The van der Waals surface area contributed by atoms with Crippen LogP contribution in [0.15, 0.2) is 23.3 Å². The van der Waals surface area contributed by atoms with Crippen LogP contribution in [0.4, 0.5) is 0 Å². The van der Waals surface area contributed by atoms with E-state index in [0.717, 1.165) is 11.8 Å². The fourth-order valence-corrected chi connectivity index (χ4v) is 9.43. The standard InChI is InChI=1S/C30H50/c1-22(2)11-9-16-27(5)19-20-29(7)23(21-27)12-13-25-28(6)17-10-15-26(3,4)24(28)14-18-30(25,29)8/h11-12,24-25H,9-10,13-21H2,1-8H3/t24-,25-,27-,28+,29-,30-/m1/s1. The number of rotatable bonds is 3. The molecule has 0 heterocycles. The molecule has 3 saturated carbocycles. The number of allylic oxidation sites excluding steroid dienone is 4. The van der Waals surface area contributed by atoms with Crippen molar-refractivity contribution < 1.29 is 0 Å². The lowest BCUT2D eigenvalue weighted by atomic mass is 9.35. The van der Waals surface area contributed by atoms with Crippen molar-refractivity contribution in [3.05, 3.63) is 23.3 Å². The second kappa shape index (κ2) is 7.25. The van der Waals surface area contributed by atoms with E-state index in [1.54, 1.807) is 0 Å². The quantitative estimate of drug-likeness (QED) is 0.406. The van der Waals surface area contributed by atoms with Gasteiger partial charge in [-0.2, -0.15) is 0 Å². The Kier molecular flexibility index (Phi) is 5.47.